The number of aromatic nitrogens is 2. The highest BCUT2D eigenvalue weighted by Crippen LogP contribution is 2.33. The molecule has 1 heterocycles. The fourth-order valence-electron chi connectivity index (χ4n) is 2.43. The number of benzene rings is 2. The van der Waals surface area contributed by atoms with Crippen molar-refractivity contribution in [3.8, 4) is 16.9 Å². The maximum Gasteiger partial charge on any atom is 0.435 e. The van der Waals surface area contributed by atoms with Crippen molar-refractivity contribution in [1.82, 2.24) is 9.78 Å². The number of alkyl halides is 3. The molecule has 4 nitrogen and oxygen atoms in total. The molecule has 0 fully saturated rings. The summed E-state index contributed by atoms with van der Waals surface area (Å²) < 4.78 is 40.5. The fourth-order valence-corrected chi connectivity index (χ4v) is 2.43. The van der Waals surface area contributed by atoms with Gasteiger partial charge in [0.05, 0.1) is 11.4 Å². The predicted octanol–water partition coefficient (Wildman–Crippen LogP) is 3.85. The van der Waals surface area contributed by atoms with Crippen LogP contribution >= 0.6 is 0 Å². The first kappa shape index (κ1) is 17.2. The van der Waals surface area contributed by atoms with Gasteiger partial charge in [-0.2, -0.15) is 18.3 Å². The van der Waals surface area contributed by atoms with Crippen LogP contribution < -0.4 is 0 Å². The Balaban J connectivity index is 2.13. The molecule has 0 aliphatic rings. The van der Waals surface area contributed by atoms with Crippen LogP contribution in [0.5, 0.6) is 0 Å². The quantitative estimate of drug-likeness (QED) is 0.707. The molecular weight excluding hydrogens is 333 g/mol. The molecule has 0 amide bonds. The Morgan fingerprint density at radius 3 is 2.08 bits per heavy atom. The third-order valence-corrected chi connectivity index (χ3v) is 3.78. The first-order valence-corrected chi connectivity index (χ1v) is 7.46. The second-order valence-corrected chi connectivity index (χ2v) is 5.66. The molecular formula is C18H15F3N2O2. The second-order valence-electron chi connectivity index (χ2n) is 5.66. The number of hydrogen-bond donors (Lipinski definition) is 2. The molecule has 7 heteroatoms. The van der Waals surface area contributed by atoms with Crippen LogP contribution in [0.3, 0.4) is 0 Å². The van der Waals surface area contributed by atoms with E-state index in [0.29, 0.717) is 11.3 Å². The van der Waals surface area contributed by atoms with Crippen LogP contribution in [-0.4, -0.2) is 20.0 Å². The zero-order valence-corrected chi connectivity index (χ0v) is 13.2. The molecule has 1 aromatic heterocycles. The topological polar surface area (TPSA) is 58.3 Å². The van der Waals surface area contributed by atoms with E-state index in [1.165, 1.54) is 28.9 Å². The van der Waals surface area contributed by atoms with Gasteiger partial charge in [0.2, 0.25) is 0 Å². The maximum absolute atomic E-state index is 13.1. The maximum atomic E-state index is 13.1. The molecule has 0 spiro atoms. The minimum atomic E-state index is -4.56. The monoisotopic (exact) mass is 348 g/mol. The summed E-state index contributed by atoms with van der Waals surface area (Å²) in [4.78, 5) is 0. The number of aliphatic hydroxyl groups is 2. The van der Waals surface area contributed by atoms with E-state index >= 15 is 0 Å². The van der Waals surface area contributed by atoms with Gasteiger partial charge in [-0.1, -0.05) is 42.0 Å². The van der Waals surface area contributed by atoms with Gasteiger partial charge in [-0.25, -0.2) is 4.68 Å². The van der Waals surface area contributed by atoms with Crippen molar-refractivity contribution < 1.29 is 23.4 Å². The molecule has 0 saturated carbocycles. The highest BCUT2D eigenvalue weighted by atomic mass is 19.4. The molecule has 0 unspecified atom stereocenters. The van der Waals surface area contributed by atoms with Gasteiger partial charge in [0.25, 0.3) is 0 Å². The Morgan fingerprint density at radius 1 is 0.960 bits per heavy atom. The van der Waals surface area contributed by atoms with Crippen molar-refractivity contribution in [1.29, 1.82) is 0 Å². The van der Waals surface area contributed by atoms with Crippen molar-refractivity contribution in [2.45, 2.75) is 19.4 Å². The summed E-state index contributed by atoms with van der Waals surface area (Å²) in [5, 5.41) is 22.0. The van der Waals surface area contributed by atoms with Crippen LogP contribution in [0.2, 0.25) is 0 Å². The van der Waals surface area contributed by atoms with Crippen LogP contribution in [0.4, 0.5) is 13.2 Å². The number of hydrogen-bond acceptors (Lipinski definition) is 3. The van der Waals surface area contributed by atoms with Crippen molar-refractivity contribution >= 4 is 0 Å². The van der Waals surface area contributed by atoms with Gasteiger partial charge in [0.1, 0.15) is 0 Å². The Kier molecular flexibility index (Phi) is 4.36. The number of halogens is 3. The Labute approximate surface area is 141 Å². The molecule has 130 valence electrons. The Bertz CT molecular complexity index is 867. The predicted molar refractivity (Wildman–Crippen MR) is 85.9 cm³/mol. The smallest absolute Gasteiger partial charge is 0.364 e. The fraction of sp³-hybridized carbons (Fsp3) is 0.167. The largest absolute Gasteiger partial charge is 0.435 e. The molecule has 0 saturated heterocycles. The van der Waals surface area contributed by atoms with Gasteiger partial charge in [0.15, 0.2) is 12.0 Å². The first-order valence-electron chi connectivity index (χ1n) is 7.46. The van der Waals surface area contributed by atoms with E-state index in [4.69, 9.17) is 10.2 Å². The molecule has 0 radical (unpaired) electrons. The van der Waals surface area contributed by atoms with Gasteiger partial charge in [-0.3, -0.25) is 0 Å². The third-order valence-electron chi connectivity index (χ3n) is 3.78. The minimum Gasteiger partial charge on any atom is -0.364 e. The molecule has 0 aliphatic carbocycles. The van der Waals surface area contributed by atoms with Gasteiger partial charge >= 0.3 is 6.18 Å². The highest BCUT2D eigenvalue weighted by Gasteiger charge is 2.35. The Hall–Kier alpha value is -2.64. The molecule has 0 aliphatic heterocycles. The summed E-state index contributed by atoms with van der Waals surface area (Å²) in [7, 11) is 0. The van der Waals surface area contributed by atoms with Crippen molar-refractivity contribution in [2.75, 3.05) is 0 Å². The zero-order chi connectivity index (χ0) is 18.2. The van der Waals surface area contributed by atoms with Crippen molar-refractivity contribution in [2.24, 2.45) is 0 Å². The lowest BCUT2D eigenvalue weighted by Gasteiger charge is -2.09. The van der Waals surface area contributed by atoms with E-state index in [9.17, 15) is 13.2 Å². The normalized spacial score (nSPS) is 12.0. The molecule has 3 rings (SSSR count). The van der Waals surface area contributed by atoms with Crippen LogP contribution in [0.1, 0.15) is 23.1 Å². The average molecular weight is 348 g/mol. The highest BCUT2D eigenvalue weighted by molar-refractivity contribution is 5.63. The van der Waals surface area contributed by atoms with Crippen LogP contribution in [0.15, 0.2) is 54.6 Å². The molecule has 0 bridgehead atoms. The summed E-state index contributed by atoms with van der Waals surface area (Å²) in [6.45, 7) is 1.88. The minimum absolute atomic E-state index is 0.251. The standard InChI is InChI=1S/C18H15F3N2O2/c1-11-2-8-14(9-3-11)23-15(10-16(22-23)18(19,20)21)12-4-6-13(7-5-12)17(24)25/h2-10,17,24-25H,1H3. The Morgan fingerprint density at radius 2 is 1.56 bits per heavy atom. The van der Waals surface area contributed by atoms with Gasteiger partial charge in [0, 0.05) is 11.1 Å². The summed E-state index contributed by atoms with van der Waals surface area (Å²) in [6.07, 6.45) is -6.20. The van der Waals surface area contributed by atoms with E-state index in [-0.39, 0.29) is 11.3 Å². The first-order chi connectivity index (χ1) is 11.8. The molecule has 2 aromatic carbocycles. The van der Waals surface area contributed by atoms with Gasteiger partial charge < -0.3 is 10.2 Å². The summed E-state index contributed by atoms with van der Waals surface area (Å²) >= 11 is 0. The number of aliphatic hydroxyl groups excluding tert-OH is 1. The SMILES string of the molecule is Cc1ccc(-n2nc(C(F)(F)F)cc2-c2ccc(C(O)O)cc2)cc1. The molecule has 2 N–H and O–H groups in total. The van der Waals surface area contributed by atoms with E-state index < -0.39 is 18.2 Å². The number of aryl methyl sites for hydroxylation is 1. The average Bonchev–Trinajstić information content (AvgIpc) is 3.01. The number of rotatable bonds is 3. The molecule has 0 atom stereocenters. The number of nitrogens with zero attached hydrogens (tertiary/aromatic N) is 2. The lowest BCUT2D eigenvalue weighted by molar-refractivity contribution is -0.141. The second kappa shape index (κ2) is 6.34. The lowest BCUT2D eigenvalue weighted by Crippen LogP contribution is -2.07. The zero-order valence-electron chi connectivity index (χ0n) is 13.2. The summed E-state index contributed by atoms with van der Waals surface area (Å²) in [6, 6.07) is 13.9. The third kappa shape index (κ3) is 3.57. The van der Waals surface area contributed by atoms with Gasteiger partial charge in [-0.15, -0.1) is 0 Å². The van der Waals surface area contributed by atoms with E-state index in [2.05, 4.69) is 5.10 Å². The van der Waals surface area contributed by atoms with Crippen molar-refractivity contribution in [3.05, 3.63) is 71.4 Å². The van der Waals surface area contributed by atoms with E-state index in [0.717, 1.165) is 11.6 Å². The van der Waals surface area contributed by atoms with Crippen LogP contribution in [-0.2, 0) is 6.18 Å². The molecule has 25 heavy (non-hydrogen) atoms. The summed E-state index contributed by atoms with van der Waals surface area (Å²) in [5.41, 5.74) is 1.48. The van der Waals surface area contributed by atoms with Crippen LogP contribution in [0, 0.1) is 6.92 Å². The van der Waals surface area contributed by atoms with Crippen molar-refractivity contribution in [3.63, 3.8) is 0 Å². The molecule has 3 aromatic rings. The van der Waals surface area contributed by atoms with Crippen LogP contribution in [0.25, 0.3) is 16.9 Å². The van der Waals surface area contributed by atoms with Gasteiger partial charge in [-0.05, 0) is 25.1 Å². The summed E-state index contributed by atoms with van der Waals surface area (Å²) in [5.74, 6) is 0. The van der Waals surface area contributed by atoms with E-state index in [1.807, 2.05) is 6.92 Å². The lowest BCUT2D eigenvalue weighted by atomic mass is 10.1. The van der Waals surface area contributed by atoms with E-state index in [1.54, 1.807) is 24.3 Å².